The van der Waals surface area contributed by atoms with E-state index in [9.17, 15) is 0 Å². The summed E-state index contributed by atoms with van der Waals surface area (Å²) >= 11 is 1.70. The molecule has 0 unspecified atom stereocenters. The van der Waals surface area contributed by atoms with Gasteiger partial charge in [0.15, 0.2) is 0 Å². The normalized spacial score (nSPS) is 18.3. The smallest absolute Gasteiger partial charge is 0.147 e. The molecule has 84 valence electrons. The summed E-state index contributed by atoms with van der Waals surface area (Å²) in [7, 11) is 0. The van der Waals surface area contributed by atoms with Crippen LogP contribution >= 0.6 is 11.3 Å². The van der Waals surface area contributed by atoms with Crippen molar-refractivity contribution in [2.24, 2.45) is 5.41 Å². The van der Waals surface area contributed by atoms with Crippen molar-refractivity contribution in [3.8, 4) is 0 Å². The van der Waals surface area contributed by atoms with E-state index in [1.165, 1.54) is 24.0 Å². The number of hydrogen-bond acceptors (Lipinski definition) is 4. The Kier molecular flexibility index (Phi) is 2.32. The Hall–Kier alpha value is -1.16. The van der Waals surface area contributed by atoms with E-state index in [2.05, 4.69) is 27.6 Å². The number of anilines is 1. The second-order valence-corrected chi connectivity index (χ2v) is 5.79. The zero-order valence-electron chi connectivity index (χ0n) is 9.36. The van der Waals surface area contributed by atoms with Gasteiger partial charge in [0.1, 0.15) is 12.1 Å². The quantitative estimate of drug-likeness (QED) is 0.884. The van der Waals surface area contributed by atoms with E-state index in [0.717, 1.165) is 17.9 Å². The van der Waals surface area contributed by atoms with Gasteiger partial charge in [-0.1, -0.05) is 13.3 Å². The molecule has 1 aliphatic rings. The minimum atomic E-state index is 0.481. The molecule has 2 aromatic rings. The average Bonchev–Trinajstić information content (AvgIpc) is 2.72. The fourth-order valence-electron chi connectivity index (χ4n) is 2.17. The third-order valence-electron chi connectivity index (χ3n) is 3.49. The molecular weight excluding hydrogens is 218 g/mol. The fourth-order valence-corrected chi connectivity index (χ4v) is 2.98. The van der Waals surface area contributed by atoms with Gasteiger partial charge in [0.2, 0.25) is 0 Å². The Bertz CT molecular complexity index is 502. The lowest BCUT2D eigenvalue weighted by atomic mass is 9.70. The molecule has 0 amide bonds. The lowest BCUT2D eigenvalue weighted by Gasteiger charge is -2.38. The first-order valence-corrected chi connectivity index (χ1v) is 6.57. The van der Waals surface area contributed by atoms with E-state index < -0.39 is 0 Å². The Morgan fingerprint density at radius 1 is 1.44 bits per heavy atom. The van der Waals surface area contributed by atoms with Gasteiger partial charge in [-0.3, -0.25) is 0 Å². The van der Waals surface area contributed by atoms with E-state index in [1.807, 2.05) is 6.07 Å². The summed E-state index contributed by atoms with van der Waals surface area (Å²) in [5.41, 5.74) is 1.52. The molecule has 0 radical (unpaired) electrons. The van der Waals surface area contributed by atoms with E-state index in [0.29, 0.717) is 5.41 Å². The zero-order chi connectivity index (χ0) is 11.0. The van der Waals surface area contributed by atoms with Gasteiger partial charge in [0, 0.05) is 6.54 Å². The molecule has 0 aromatic carbocycles. The molecule has 2 aromatic heterocycles. The van der Waals surface area contributed by atoms with Crippen LogP contribution in [0.2, 0.25) is 0 Å². The molecule has 2 heterocycles. The predicted molar refractivity (Wildman–Crippen MR) is 67.9 cm³/mol. The van der Waals surface area contributed by atoms with Gasteiger partial charge in [-0.25, -0.2) is 9.97 Å². The van der Waals surface area contributed by atoms with Gasteiger partial charge in [0.05, 0.1) is 10.2 Å². The summed E-state index contributed by atoms with van der Waals surface area (Å²) in [6.07, 6.45) is 5.67. The van der Waals surface area contributed by atoms with Gasteiger partial charge in [0.25, 0.3) is 0 Å². The second kappa shape index (κ2) is 3.70. The van der Waals surface area contributed by atoms with Crippen LogP contribution in [0, 0.1) is 5.41 Å². The van der Waals surface area contributed by atoms with Crippen molar-refractivity contribution >= 4 is 27.4 Å². The highest BCUT2D eigenvalue weighted by atomic mass is 32.1. The number of nitrogens with zero attached hydrogens (tertiary/aromatic N) is 2. The highest BCUT2D eigenvalue weighted by Crippen LogP contribution is 2.40. The van der Waals surface area contributed by atoms with Crippen molar-refractivity contribution in [1.82, 2.24) is 9.97 Å². The molecule has 0 atom stereocenters. The van der Waals surface area contributed by atoms with Gasteiger partial charge < -0.3 is 5.32 Å². The third kappa shape index (κ3) is 1.67. The van der Waals surface area contributed by atoms with Crippen molar-refractivity contribution < 1.29 is 0 Å². The van der Waals surface area contributed by atoms with Crippen LogP contribution in [0.15, 0.2) is 17.8 Å². The van der Waals surface area contributed by atoms with Gasteiger partial charge >= 0.3 is 0 Å². The first-order chi connectivity index (χ1) is 7.77. The monoisotopic (exact) mass is 233 g/mol. The summed E-state index contributed by atoms with van der Waals surface area (Å²) < 4.78 is 1.17. The van der Waals surface area contributed by atoms with E-state index in [-0.39, 0.29) is 0 Å². The summed E-state index contributed by atoms with van der Waals surface area (Å²) in [6, 6.07) is 2.04. The molecule has 3 nitrogen and oxygen atoms in total. The fraction of sp³-hybridized carbons (Fsp3) is 0.500. The number of rotatable bonds is 3. The second-order valence-electron chi connectivity index (χ2n) is 4.88. The SMILES string of the molecule is CC1(CNc2ncnc3ccsc23)CCC1. The molecule has 4 heteroatoms. The zero-order valence-corrected chi connectivity index (χ0v) is 10.2. The molecule has 1 aliphatic carbocycles. The van der Waals surface area contributed by atoms with Crippen molar-refractivity contribution in [2.75, 3.05) is 11.9 Å². The lowest BCUT2D eigenvalue weighted by Crippen LogP contribution is -2.33. The topological polar surface area (TPSA) is 37.8 Å². The van der Waals surface area contributed by atoms with Crippen molar-refractivity contribution in [1.29, 1.82) is 0 Å². The van der Waals surface area contributed by atoms with E-state index in [4.69, 9.17) is 0 Å². The maximum Gasteiger partial charge on any atom is 0.147 e. The largest absolute Gasteiger partial charge is 0.368 e. The van der Waals surface area contributed by atoms with Crippen molar-refractivity contribution in [3.05, 3.63) is 17.8 Å². The minimum absolute atomic E-state index is 0.481. The molecule has 1 fully saturated rings. The molecule has 16 heavy (non-hydrogen) atoms. The van der Waals surface area contributed by atoms with Crippen LogP contribution < -0.4 is 5.32 Å². The van der Waals surface area contributed by atoms with Gasteiger partial charge in [-0.2, -0.15) is 0 Å². The maximum absolute atomic E-state index is 4.33. The Morgan fingerprint density at radius 2 is 2.31 bits per heavy atom. The number of aromatic nitrogens is 2. The third-order valence-corrected chi connectivity index (χ3v) is 4.40. The van der Waals surface area contributed by atoms with Crippen LogP contribution in [0.5, 0.6) is 0 Å². The first kappa shape index (κ1) is 10.0. The maximum atomic E-state index is 4.33. The number of nitrogens with one attached hydrogen (secondary N) is 1. The van der Waals surface area contributed by atoms with E-state index in [1.54, 1.807) is 17.7 Å². The first-order valence-electron chi connectivity index (χ1n) is 5.69. The number of hydrogen-bond donors (Lipinski definition) is 1. The Balaban J connectivity index is 1.81. The lowest BCUT2D eigenvalue weighted by molar-refractivity contribution is 0.180. The molecule has 0 aliphatic heterocycles. The summed E-state index contributed by atoms with van der Waals surface area (Å²) in [4.78, 5) is 8.57. The molecule has 3 rings (SSSR count). The number of fused-ring (bicyclic) bond motifs is 1. The predicted octanol–water partition coefficient (Wildman–Crippen LogP) is 3.29. The molecule has 1 saturated carbocycles. The van der Waals surface area contributed by atoms with Crippen molar-refractivity contribution in [2.45, 2.75) is 26.2 Å². The highest BCUT2D eigenvalue weighted by molar-refractivity contribution is 7.17. The average molecular weight is 233 g/mol. The van der Waals surface area contributed by atoms with E-state index >= 15 is 0 Å². The molecule has 0 bridgehead atoms. The Morgan fingerprint density at radius 3 is 3.06 bits per heavy atom. The van der Waals surface area contributed by atoms with Crippen LogP contribution in [-0.2, 0) is 0 Å². The summed E-state index contributed by atoms with van der Waals surface area (Å²) in [5, 5.41) is 5.54. The minimum Gasteiger partial charge on any atom is -0.368 e. The Labute approximate surface area is 98.9 Å². The van der Waals surface area contributed by atoms with Gasteiger partial charge in [-0.05, 0) is 29.7 Å². The van der Waals surface area contributed by atoms with Crippen LogP contribution in [0.1, 0.15) is 26.2 Å². The summed E-state index contributed by atoms with van der Waals surface area (Å²) in [6.45, 7) is 3.37. The molecular formula is C12H15N3S. The van der Waals surface area contributed by atoms with Crippen LogP contribution in [0.25, 0.3) is 10.2 Å². The van der Waals surface area contributed by atoms with Crippen molar-refractivity contribution in [3.63, 3.8) is 0 Å². The van der Waals surface area contributed by atoms with Gasteiger partial charge in [-0.15, -0.1) is 11.3 Å². The highest BCUT2D eigenvalue weighted by Gasteiger charge is 2.31. The standard InChI is InChI=1S/C12H15N3S/c1-12(4-2-5-12)7-13-11-10-9(3-6-16-10)14-8-15-11/h3,6,8H,2,4-5,7H2,1H3,(H,13,14,15). The molecule has 0 saturated heterocycles. The van der Waals surface area contributed by atoms with Crippen LogP contribution in [0.3, 0.4) is 0 Å². The molecule has 0 spiro atoms. The molecule has 1 N–H and O–H groups in total. The van der Waals surface area contributed by atoms with Crippen LogP contribution in [-0.4, -0.2) is 16.5 Å². The van der Waals surface area contributed by atoms with Crippen LogP contribution in [0.4, 0.5) is 5.82 Å². The summed E-state index contributed by atoms with van der Waals surface area (Å²) in [5.74, 6) is 0.994. The number of thiophene rings is 1.